The van der Waals surface area contributed by atoms with Crippen LogP contribution in [0.15, 0.2) is 0 Å². The molecule has 0 amide bonds. The van der Waals surface area contributed by atoms with E-state index in [0.717, 1.165) is 25.5 Å². The summed E-state index contributed by atoms with van der Waals surface area (Å²) in [6.07, 6.45) is 10.8. The Balaban J connectivity index is 2.33. The van der Waals surface area contributed by atoms with Gasteiger partial charge in [-0.3, -0.25) is 0 Å². The molecule has 18 heavy (non-hydrogen) atoms. The molecule has 0 aromatic heterocycles. The van der Waals surface area contributed by atoms with Crippen LogP contribution in [0.4, 0.5) is 0 Å². The SMILES string of the molecule is CCCNC(CCC)C(CC)OCC1CCCC1. The first-order valence-electron chi connectivity index (χ1n) is 8.16. The zero-order valence-corrected chi connectivity index (χ0v) is 12.7. The van der Waals surface area contributed by atoms with Gasteiger partial charge in [0.2, 0.25) is 0 Å². The zero-order valence-electron chi connectivity index (χ0n) is 12.7. The van der Waals surface area contributed by atoms with Gasteiger partial charge < -0.3 is 10.1 Å². The Bertz CT molecular complexity index is 190. The van der Waals surface area contributed by atoms with Crippen LogP contribution in [-0.2, 0) is 4.74 Å². The summed E-state index contributed by atoms with van der Waals surface area (Å²) < 4.78 is 6.22. The minimum atomic E-state index is 0.414. The molecule has 0 heterocycles. The fraction of sp³-hybridized carbons (Fsp3) is 1.00. The molecule has 2 atom stereocenters. The van der Waals surface area contributed by atoms with Crippen molar-refractivity contribution in [2.24, 2.45) is 5.92 Å². The normalized spacial score (nSPS) is 20.2. The van der Waals surface area contributed by atoms with Crippen molar-refractivity contribution in [1.82, 2.24) is 5.32 Å². The van der Waals surface area contributed by atoms with E-state index in [9.17, 15) is 0 Å². The number of hydrogen-bond donors (Lipinski definition) is 1. The summed E-state index contributed by atoms with van der Waals surface area (Å²) in [5.41, 5.74) is 0. The maximum Gasteiger partial charge on any atom is 0.0725 e. The summed E-state index contributed by atoms with van der Waals surface area (Å²) >= 11 is 0. The van der Waals surface area contributed by atoms with Crippen LogP contribution in [0.3, 0.4) is 0 Å². The Kier molecular flexibility index (Phi) is 8.70. The Labute approximate surface area is 114 Å². The van der Waals surface area contributed by atoms with Crippen molar-refractivity contribution in [2.75, 3.05) is 13.2 Å². The molecule has 108 valence electrons. The number of ether oxygens (including phenoxy) is 1. The second-order valence-electron chi connectivity index (χ2n) is 5.78. The van der Waals surface area contributed by atoms with Crippen LogP contribution in [0, 0.1) is 5.92 Å². The quantitative estimate of drug-likeness (QED) is 0.633. The monoisotopic (exact) mass is 255 g/mol. The van der Waals surface area contributed by atoms with E-state index in [2.05, 4.69) is 26.1 Å². The van der Waals surface area contributed by atoms with E-state index < -0.39 is 0 Å². The first kappa shape index (κ1) is 16.0. The fourth-order valence-corrected chi connectivity index (χ4v) is 3.02. The predicted molar refractivity (Wildman–Crippen MR) is 79.0 cm³/mol. The fourth-order valence-electron chi connectivity index (χ4n) is 3.02. The standard InChI is InChI=1S/C16H33NO/c1-4-9-15(17-12-5-2)16(6-3)18-13-14-10-7-8-11-14/h14-17H,4-13H2,1-3H3. The maximum atomic E-state index is 6.22. The highest BCUT2D eigenvalue weighted by molar-refractivity contribution is 4.77. The van der Waals surface area contributed by atoms with E-state index in [-0.39, 0.29) is 0 Å². The molecule has 0 bridgehead atoms. The molecular formula is C16H33NO. The molecule has 0 aromatic rings. The first-order chi connectivity index (χ1) is 8.81. The van der Waals surface area contributed by atoms with E-state index in [1.54, 1.807) is 0 Å². The van der Waals surface area contributed by atoms with Crippen molar-refractivity contribution >= 4 is 0 Å². The van der Waals surface area contributed by atoms with Crippen LogP contribution in [0.2, 0.25) is 0 Å². The summed E-state index contributed by atoms with van der Waals surface area (Å²) in [5, 5.41) is 3.67. The van der Waals surface area contributed by atoms with Crippen molar-refractivity contribution in [3.8, 4) is 0 Å². The summed E-state index contributed by atoms with van der Waals surface area (Å²) in [5.74, 6) is 0.840. The van der Waals surface area contributed by atoms with Crippen LogP contribution in [0.5, 0.6) is 0 Å². The summed E-state index contributed by atoms with van der Waals surface area (Å²) in [4.78, 5) is 0. The lowest BCUT2D eigenvalue weighted by atomic mass is 10.0. The Morgan fingerprint density at radius 3 is 2.39 bits per heavy atom. The largest absolute Gasteiger partial charge is 0.376 e. The third-order valence-electron chi connectivity index (χ3n) is 4.13. The van der Waals surface area contributed by atoms with Gasteiger partial charge >= 0.3 is 0 Å². The van der Waals surface area contributed by atoms with E-state index in [4.69, 9.17) is 4.74 Å². The average molecular weight is 255 g/mol. The molecule has 0 saturated heterocycles. The van der Waals surface area contributed by atoms with Crippen molar-refractivity contribution in [2.45, 2.75) is 84.3 Å². The molecular weight excluding hydrogens is 222 g/mol. The lowest BCUT2D eigenvalue weighted by Gasteiger charge is -2.28. The lowest BCUT2D eigenvalue weighted by Crippen LogP contribution is -2.42. The lowest BCUT2D eigenvalue weighted by molar-refractivity contribution is 0.00289. The second-order valence-corrected chi connectivity index (χ2v) is 5.78. The third-order valence-corrected chi connectivity index (χ3v) is 4.13. The summed E-state index contributed by atoms with van der Waals surface area (Å²) in [7, 11) is 0. The van der Waals surface area contributed by atoms with E-state index >= 15 is 0 Å². The van der Waals surface area contributed by atoms with Crippen molar-refractivity contribution in [3.63, 3.8) is 0 Å². The van der Waals surface area contributed by atoms with Crippen LogP contribution < -0.4 is 5.32 Å². The van der Waals surface area contributed by atoms with Gasteiger partial charge in [-0.1, -0.05) is 40.0 Å². The minimum Gasteiger partial charge on any atom is -0.376 e. The molecule has 0 aromatic carbocycles. The topological polar surface area (TPSA) is 21.3 Å². The number of nitrogens with one attached hydrogen (secondary N) is 1. The highest BCUT2D eigenvalue weighted by Crippen LogP contribution is 2.25. The number of hydrogen-bond acceptors (Lipinski definition) is 2. The molecule has 1 aliphatic rings. The van der Waals surface area contributed by atoms with Crippen LogP contribution >= 0.6 is 0 Å². The first-order valence-corrected chi connectivity index (χ1v) is 8.16. The van der Waals surface area contributed by atoms with Gasteiger partial charge in [0.15, 0.2) is 0 Å². The summed E-state index contributed by atoms with van der Waals surface area (Å²) in [6, 6.07) is 0.557. The Morgan fingerprint density at radius 1 is 1.11 bits per heavy atom. The molecule has 2 unspecified atom stereocenters. The molecule has 0 radical (unpaired) electrons. The van der Waals surface area contributed by atoms with Gasteiger partial charge in [-0.25, -0.2) is 0 Å². The Morgan fingerprint density at radius 2 is 1.83 bits per heavy atom. The molecule has 1 rings (SSSR count). The molecule has 1 fully saturated rings. The Hall–Kier alpha value is -0.0800. The number of rotatable bonds is 10. The molecule has 2 nitrogen and oxygen atoms in total. The minimum absolute atomic E-state index is 0.414. The van der Waals surface area contributed by atoms with Gasteiger partial charge in [0.05, 0.1) is 6.10 Å². The summed E-state index contributed by atoms with van der Waals surface area (Å²) in [6.45, 7) is 8.87. The van der Waals surface area contributed by atoms with E-state index in [0.29, 0.717) is 12.1 Å². The van der Waals surface area contributed by atoms with E-state index in [1.807, 2.05) is 0 Å². The van der Waals surface area contributed by atoms with Gasteiger partial charge in [0.1, 0.15) is 0 Å². The smallest absolute Gasteiger partial charge is 0.0725 e. The molecule has 1 N–H and O–H groups in total. The van der Waals surface area contributed by atoms with Gasteiger partial charge in [0.25, 0.3) is 0 Å². The van der Waals surface area contributed by atoms with Gasteiger partial charge in [-0.05, 0) is 44.6 Å². The van der Waals surface area contributed by atoms with Gasteiger partial charge in [-0.15, -0.1) is 0 Å². The zero-order chi connectivity index (χ0) is 13.2. The van der Waals surface area contributed by atoms with Crippen LogP contribution in [0.25, 0.3) is 0 Å². The maximum absolute atomic E-state index is 6.22. The van der Waals surface area contributed by atoms with Crippen molar-refractivity contribution < 1.29 is 4.74 Å². The van der Waals surface area contributed by atoms with E-state index in [1.165, 1.54) is 44.9 Å². The van der Waals surface area contributed by atoms with Crippen LogP contribution in [0.1, 0.15) is 72.1 Å². The third kappa shape index (κ3) is 5.71. The molecule has 0 aliphatic heterocycles. The second kappa shape index (κ2) is 9.80. The van der Waals surface area contributed by atoms with Crippen molar-refractivity contribution in [1.29, 1.82) is 0 Å². The average Bonchev–Trinajstić information content (AvgIpc) is 2.89. The molecule has 2 heteroatoms. The molecule has 1 aliphatic carbocycles. The van der Waals surface area contributed by atoms with Gasteiger partial charge in [-0.2, -0.15) is 0 Å². The van der Waals surface area contributed by atoms with Gasteiger partial charge in [0, 0.05) is 12.6 Å². The predicted octanol–water partition coefficient (Wildman–Crippen LogP) is 4.14. The van der Waals surface area contributed by atoms with Crippen LogP contribution in [-0.4, -0.2) is 25.3 Å². The highest BCUT2D eigenvalue weighted by atomic mass is 16.5. The molecule has 1 saturated carbocycles. The van der Waals surface area contributed by atoms with Crippen molar-refractivity contribution in [3.05, 3.63) is 0 Å². The molecule has 0 spiro atoms. The highest BCUT2D eigenvalue weighted by Gasteiger charge is 2.22.